The van der Waals surface area contributed by atoms with Gasteiger partial charge < -0.3 is 14.7 Å². The van der Waals surface area contributed by atoms with Crippen LogP contribution in [0.15, 0.2) is 48.8 Å². The number of nitrogens with zero attached hydrogens (tertiary/aromatic N) is 2. The molecule has 6 nitrogen and oxygen atoms in total. The van der Waals surface area contributed by atoms with Crippen molar-refractivity contribution < 1.29 is 19.4 Å². The molecule has 1 aliphatic rings. The lowest BCUT2D eigenvalue weighted by Gasteiger charge is -2.18. The van der Waals surface area contributed by atoms with Crippen molar-refractivity contribution in [3.8, 4) is 5.75 Å². The van der Waals surface area contributed by atoms with E-state index in [4.69, 9.17) is 4.74 Å². The van der Waals surface area contributed by atoms with Crippen LogP contribution in [-0.2, 0) is 16.0 Å². The molecule has 2 atom stereocenters. The van der Waals surface area contributed by atoms with Gasteiger partial charge in [-0.3, -0.25) is 14.6 Å². The fourth-order valence-corrected chi connectivity index (χ4v) is 3.50. The van der Waals surface area contributed by atoms with Gasteiger partial charge in [0.1, 0.15) is 5.75 Å². The molecule has 1 N–H and O–H groups in total. The molecule has 1 fully saturated rings. The van der Waals surface area contributed by atoms with Gasteiger partial charge in [0.05, 0.1) is 13.0 Å². The summed E-state index contributed by atoms with van der Waals surface area (Å²) in [5, 5.41) is 9.63. The van der Waals surface area contributed by atoms with Crippen molar-refractivity contribution in [3.05, 3.63) is 59.9 Å². The van der Waals surface area contributed by atoms with Crippen molar-refractivity contribution >= 4 is 11.9 Å². The smallest absolute Gasteiger partial charge is 0.308 e. The van der Waals surface area contributed by atoms with Crippen LogP contribution in [0.5, 0.6) is 5.75 Å². The second-order valence-electron chi connectivity index (χ2n) is 6.45. The Morgan fingerprint density at radius 3 is 2.62 bits per heavy atom. The number of likely N-dealkylation sites (tertiary alicyclic amines) is 1. The van der Waals surface area contributed by atoms with E-state index in [0.717, 1.165) is 11.1 Å². The third kappa shape index (κ3) is 3.85. The van der Waals surface area contributed by atoms with E-state index in [1.54, 1.807) is 24.4 Å². The van der Waals surface area contributed by atoms with Gasteiger partial charge in [-0.15, -0.1) is 0 Å². The average molecular weight is 354 g/mol. The summed E-state index contributed by atoms with van der Waals surface area (Å²) in [5.74, 6) is -1.14. The minimum absolute atomic E-state index is 0.0227. The first-order valence-corrected chi connectivity index (χ1v) is 8.62. The predicted molar refractivity (Wildman–Crippen MR) is 96.0 cm³/mol. The number of carbonyl (C=O) groups is 2. The molecule has 1 aromatic carbocycles. The van der Waals surface area contributed by atoms with Crippen molar-refractivity contribution in [2.45, 2.75) is 18.8 Å². The molecule has 136 valence electrons. The topological polar surface area (TPSA) is 79.7 Å². The summed E-state index contributed by atoms with van der Waals surface area (Å²) in [5.41, 5.74) is 1.88. The number of hydrogen-bond donors (Lipinski definition) is 1. The number of methoxy groups -OCH3 is 1. The van der Waals surface area contributed by atoms with Gasteiger partial charge >= 0.3 is 5.97 Å². The SMILES string of the molecule is COc1ccccc1[C@@H]1CN(C(=O)CCc2ccncc2)C[C@H]1C(=O)O. The minimum Gasteiger partial charge on any atom is -0.496 e. The molecular weight excluding hydrogens is 332 g/mol. The molecule has 0 bridgehead atoms. The van der Waals surface area contributed by atoms with E-state index in [9.17, 15) is 14.7 Å². The molecule has 3 rings (SSSR count). The van der Waals surface area contributed by atoms with Crippen LogP contribution in [-0.4, -0.2) is 47.1 Å². The van der Waals surface area contributed by atoms with Gasteiger partial charge in [-0.1, -0.05) is 18.2 Å². The largest absolute Gasteiger partial charge is 0.496 e. The molecule has 2 aromatic rings. The summed E-state index contributed by atoms with van der Waals surface area (Å²) in [6, 6.07) is 11.2. The lowest BCUT2D eigenvalue weighted by atomic mass is 9.88. The summed E-state index contributed by atoms with van der Waals surface area (Å²) in [6.45, 7) is 0.625. The summed E-state index contributed by atoms with van der Waals surface area (Å²) in [7, 11) is 1.57. The Balaban J connectivity index is 1.72. The quantitative estimate of drug-likeness (QED) is 0.861. The van der Waals surface area contributed by atoms with Crippen LogP contribution in [0, 0.1) is 5.92 Å². The molecule has 6 heteroatoms. The maximum Gasteiger partial charge on any atom is 0.308 e. The van der Waals surface area contributed by atoms with Gasteiger partial charge in [-0.25, -0.2) is 0 Å². The standard InChI is InChI=1S/C20H22N2O4/c1-26-18-5-3-2-4-15(18)16-12-22(13-17(16)20(24)25)19(23)7-6-14-8-10-21-11-9-14/h2-5,8-11,16-17H,6-7,12-13H2,1H3,(H,24,25)/t16-,17+/m0/s1. The van der Waals surface area contributed by atoms with Crippen molar-refractivity contribution in [2.24, 2.45) is 5.92 Å². The third-order valence-corrected chi connectivity index (χ3v) is 4.91. The van der Waals surface area contributed by atoms with Crippen LogP contribution in [0.4, 0.5) is 0 Å². The molecular formula is C20H22N2O4. The number of aromatic nitrogens is 1. The zero-order valence-corrected chi connectivity index (χ0v) is 14.7. The number of hydrogen-bond acceptors (Lipinski definition) is 4. The first-order chi connectivity index (χ1) is 12.6. The maximum atomic E-state index is 12.6. The van der Waals surface area contributed by atoms with Crippen LogP contribution in [0.1, 0.15) is 23.5 Å². The van der Waals surface area contributed by atoms with Crippen LogP contribution >= 0.6 is 0 Å². The van der Waals surface area contributed by atoms with E-state index in [2.05, 4.69) is 4.98 Å². The van der Waals surface area contributed by atoms with Gasteiger partial charge in [0, 0.05) is 37.8 Å². The van der Waals surface area contributed by atoms with Crippen molar-refractivity contribution in [3.63, 3.8) is 0 Å². The van der Waals surface area contributed by atoms with Gasteiger partial charge in [-0.05, 0) is 35.7 Å². The lowest BCUT2D eigenvalue weighted by molar-refractivity contribution is -0.141. The van der Waals surface area contributed by atoms with Crippen LogP contribution in [0.2, 0.25) is 0 Å². The number of rotatable bonds is 6. The van der Waals surface area contributed by atoms with Gasteiger partial charge in [0.25, 0.3) is 0 Å². The van der Waals surface area contributed by atoms with Crippen LogP contribution in [0.3, 0.4) is 0 Å². The Kier molecular flexibility index (Phi) is 5.51. The van der Waals surface area contributed by atoms with E-state index in [1.807, 2.05) is 36.4 Å². The van der Waals surface area contributed by atoms with Crippen molar-refractivity contribution in [1.82, 2.24) is 9.88 Å². The Labute approximate surface area is 152 Å². The number of ether oxygens (including phenoxy) is 1. The number of carboxylic acid groups (broad SMARTS) is 1. The fourth-order valence-electron chi connectivity index (χ4n) is 3.50. The molecule has 0 radical (unpaired) electrons. The molecule has 1 aromatic heterocycles. The number of carboxylic acids is 1. The zero-order valence-electron chi connectivity index (χ0n) is 14.7. The van der Waals surface area contributed by atoms with Gasteiger partial charge in [0.2, 0.25) is 5.91 Å². The molecule has 0 aliphatic carbocycles. The lowest BCUT2D eigenvalue weighted by Crippen LogP contribution is -2.30. The number of carbonyl (C=O) groups excluding carboxylic acids is 1. The summed E-state index contributed by atoms with van der Waals surface area (Å²) < 4.78 is 5.38. The Hall–Kier alpha value is -2.89. The monoisotopic (exact) mass is 354 g/mol. The second kappa shape index (κ2) is 7.99. The van der Waals surface area contributed by atoms with E-state index < -0.39 is 11.9 Å². The van der Waals surface area contributed by atoms with Crippen molar-refractivity contribution in [2.75, 3.05) is 20.2 Å². The zero-order chi connectivity index (χ0) is 18.5. The second-order valence-corrected chi connectivity index (χ2v) is 6.45. The fraction of sp³-hybridized carbons (Fsp3) is 0.350. The summed E-state index contributed by atoms with van der Waals surface area (Å²) >= 11 is 0. The molecule has 26 heavy (non-hydrogen) atoms. The maximum absolute atomic E-state index is 12.6. The highest BCUT2D eigenvalue weighted by molar-refractivity contribution is 5.80. The summed E-state index contributed by atoms with van der Waals surface area (Å²) in [6.07, 6.45) is 4.38. The number of amides is 1. The number of aryl methyl sites for hydroxylation is 1. The molecule has 2 heterocycles. The minimum atomic E-state index is -0.884. The highest BCUT2D eigenvalue weighted by atomic mass is 16.5. The van der Waals surface area contributed by atoms with E-state index in [-0.39, 0.29) is 18.4 Å². The Morgan fingerprint density at radius 2 is 1.92 bits per heavy atom. The predicted octanol–water partition coefficient (Wildman–Crippen LogP) is 2.35. The molecule has 1 amide bonds. The van der Waals surface area contributed by atoms with Crippen molar-refractivity contribution in [1.29, 1.82) is 0 Å². The first kappa shape index (κ1) is 17.9. The molecule has 0 saturated carbocycles. The van der Waals surface area contributed by atoms with Gasteiger partial charge in [-0.2, -0.15) is 0 Å². The molecule has 1 aliphatic heterocycles. The molecule has 0 unspecified atom stereocenters. The number of para-hydroxylation sites is 1. The molecule has 0 spiro atoms. The van der Waals surface area contributed by atoms with Crippen LogP contribution < -0.4 is 4.74 Å². The van der Waals surface area contributed by atoms with Gasteiger partial charge in [0.15, 0.2) is 0 Å². The average Bonchev–Trinajstić information content (AvgIpc) is 3.12. The normalized spacial score (nSPS) is 19.3. The summed E-state index contributed by atoms with van der Waals surface area (Å²) in [4.78, 5) is 30.0. The van der Waals surface area contributed by atoms with E-state index in [0.29, 0.717) is 25.1 Å². The van der Waals surface area contributed by atoms with E-state index in [1.165, 1.54) is 0 Å². The Bertz CT molecular complexity index is 778. The third-order valence-electron chi connectivity index (χ3n) is 4.91. The number of pyridine rings is 1. The Morgan fingerprint density at radius 1 is 1.19 bits per heavy atom. The van der Waals surface area contributed by atoms with E-state index >= 15 is 0 Å². The number of aliphatic carboxylic acids is 1. The highest BCUT2D eigenvalue weighted by Crippen LogP contribution is 2.37. The van der Waals surface area contributed by atoms with Crippen LogP contribution in [0.25, 0.3) is 0 Å². The molecule has 1 saturated heterocycles. The highest BCUT2D eigenvalue weighted by Gasteiger charge is 2.41. The number of benzene rings is 1. The first-order valence-electron chi connectivity index (χ1n) is 8.62.